The van der Waals surface area contributed by atoms with Crippen molar-refractivity contribution in [2.24, 2.45) is 0 Å². The van der Waals surface area contributed by atoms with Gasteiger partial charge >= 0.3 is 0 Å². The van der Waals surface area contributed by atoms with E-state index in [2.05, 4.69) is 113 Å². The summed E-state index contributed by atoms with van der Waals surface area (Å²) in [5.41, 5.74) is 5.38. The van der Waals surface area contributed by atoms with E-state index in [4.69, 9.17) is 9.72 Å². The Morgan fingerprint density at radius 1 is 0.722 bits per heavy atom. The SMILES string of the molecule is C1=CC2=C(C=CC1)N(c1ccc(-c3nc4c(n3-c3ccccc3)=CCCC=4)cc1)c1ccccc1O2. The highest BCUT2D eigenvalue weighted by Crippen LogP contribution is 2.43. The number of para-hydroxylation sites is 3. The maximum Gasteiger partial charge on any atom is 0.151 e. The molecule has 2 aliphatic carbocycles. The minimum atomic E-state index is 0.860. The van der Waals surface area contributed by atoms with Crippen LogP contribution in [0.1, 0.15) is 19.3 Å². The molecular formula is C32H25N3O. The van der Waals surface area contributed by atoms with Crippen LogP contribution in [0.3, 0.4) is 0 Å². The third-order valence-electron chi connectivity index (χ3n) is 6.82. The number of benzene rings is 3. The van der Waals surface area contributed by atoms with E-state index < -0.39 is 0 Å². The standard InChI is InChI=1S/C32H25N3O/c1-3-11-24(12-4-1)35-27-14-8-7-13-26(27)33-32(35)23-19-21-25(22-20-23)34-28-15-5-2-6-17-30(28)36-31-18-10-9-16-29(31)34/h1,3-6,9-22H,2,7-8H2. The van der Waals surface area contributed by atoms with Gasteiger partial charge in [-0.25, -0.2) is 4.98 Å². The minimum absolute atomic E-state index is 0.860. The molecule has 4 aromatic rings. The zero-order valence-corrected chi connectivity index (χ0v) is 19.8. The minimum Gasteiger partial charge on any atom is -0.453 e. The van der Waals surface area contributed by atoms with Gasteiger partial charge in [0.1, 0.15) is 5.82 Å². The fourth-order valence-electron chi connectivity index (χ4n) is 5.15. The van der Waals surface area contributed by atoms with Gasteiger partial charge in [0.2, 0.25) is 0 Å². The van der Waals surface area contributed by atoms with Gasteiger partial charge in [0.25, 0.3) is 0 Å². The molecule has 36 heavy (non-hydrogen) atoms. The number of anilines is 2. The Hall–Kier alpha value is -4.57. The molecule has 0 radical (unpaired) electrons. The molecule has 2 heterocycles. The van der Waals surface area contributed by atoms with Gasteiger partial charge in [-0.1, -0.05) is 54.6 Å². The van der Waals surface area contributed by atoms with Crippen LogP contribution in [-0.2, 0) is 0 Å². The summed E-state index contributed by atoms with van der Waals surface area (Å²) in [5.74, 6) is 2.69. The van der Waals surface area contributed by atoms with E-state index in [0.717, 1.165) is 70.3 Å². The van der Waals surface area contributed by atoms with Crippen LogP contribution in [0.5, 0.6) is 5.75 Å². The van der Waals surface area contributed by atoms with E-state index in [-0.39, 0.29) is 0 Å². The summed E-state index contributed by atoms with van der Waals surface area (Å²) in [6.07, 6.45) is 16.0. The normalized spacial score (nSPS) is 15.7. The van der Waals surface area contributed by atoms with E-state index in [9.17, 15) is 0 Å². The molecule has 0 saturated heterocycles. The van der Waals surface area contributed by atoms with Crippen LogP contribution in [0.15, 0.2) is 115 Å². The molecule has 7 rings (SSSR count). The Morgan fingerprint density at radius 2 is 1.50 bits per heavy atom. The summed E-state index contributed by atoms with van der Waals surface area (Å²) in [7, 11) is 0. The topological polar surface area (TPSA) is 30.3 Å². The second-order valence-corrected chi connectivity index (χ2v) is 9.10. The largest absolute Gasteiger partial charge is 0.453 e. The zero-order chi connectivity index (χ0) is 23.9. The van der Waals surface area contributed by atoms with Gasteiger partial charge in [0, 0.05) is 16.9 Å². The lowest BCUT2D eigenvalue weighted by Crippen LogP contribution is -2.31. The molecule has 0 unspecified atom stereocenters. The average molecular weight is 468 g/mol. The molecule has 3 aliphatic rings. The van der Waals surface area contributed by atoms with Crippen LogP contribution in [0, 0.1) is 0 Å². The van der Waals surface area contributed by atoms with Crippen LogP contribution in [-0.4, -0.2) is 9.55 Å². The molecule has 1 aliphatic heterocycles. The van der Waals surface area contributed by atoms with Gasteiger partial charge in [-0.05, 0) is 79.9 Å². The fraction of sp³-hybridized carbons (Fsp3) is 0.0938. The second kappa shape index (κ2) is 8.58. The third kappa shape index (κ3) is 3.42. The van der Waals surface area contributed by atoms with Gasteiger partial charge in [0.15, 0.2) is 11.5 Å². The van der Waals surface area contributed by atoms with Crippen molar-refractivity contribution in [1.29, 1.82) is 0 Å². The van der Waals surface area contributed by atoms with E-state index in [1.165, 1.54) is 5.35 Å². The van der Waals surface area contributed by atoms with E-state index >= 15 is 0 Å². The molecule has 174 valence electrons. The van der Waals surface area contributed by atoms with E-state index in [0.29, 0.717) is 0 Å². The molecule has 0 atom stereocenters. The van der Waals surface area contributed by atoms with Crippen LogP contribution < -0.4 is 20.3 Å². The number of allylic oxidation sites excluding steroid dienone is 4. The Balaban J connectivity index is 1.36. The predicted octanol–water partition coefficient (Wildman–Crippen LogP) is 6.15. The van der Waals surface area contributed by atoms with E-state index in [1.54, 1.807) is 0 Å². The van der Waals surface area contributed by atoms with Gasteiger partial charge in [-0.2, -0.15) is 0 Å². The molecule has 0 fully saturated rings. The Kier molecular flexibility index (Phi) is 4.95. The Bertz CT molecular complexity index is 1670. The second-order valence-electron chi connectivity index (χ2n) is 9.10. The van der Waals surface area contributed by atoms with E-state index in [1.807, 2.05) is 12.1 Å². The summed E-state index contributed by atoms with van der Waals surface area (Å²) in [6, 6.07) is 27.4. The van der Waals surface area contributed by atoms with Crippen molar-refractivity contribution in [2.45, 2.75) is 19.3 Å². The van der Waals surface area contributed by atoms with Crippen molar-refractivity contribution >= 4 is 23.5 Å². The lowest BCUT2D eigenvalue weighted by atomic mass is 10.1. The van der Waals surface area contributed by atoms with Gasteiger partial charge < -0.3 is 9.64 Å². The van der Waals surface area contributed by atoms with Gasteiger partial charge in [-0.3, -0.25) is 4.57 Å². The number of fused-ring (bicyclic) bond motifs is 2. The maximum atomic E-state index is 6.25. The average Bonchev–Trinajstić information content (AvgIpc) is 3.17. The molecule has 3 aromatic carbocycles. The van der Waals surface area contributed by atoms with Crippen molar-refractivity contribution in [2.75, 3.05) is 4.90 Å². The van der Waals surface area contributed by atoms with Crippen molar-refractivity contribution in [3.8, 4) is 22.8 Å². The van der Waals surface area contributed by atoms with Crippen LogP contribution in [0.2, 0.25) is 0 Å². The number of aromatic nitrogens is 2. The smallest absolute Gasteiger partial charge is 0.151 e. The van der Waals surface area contributed by atoms with Crippen molar-refractivity contribution < 1.29 is 4.74 Å². The Morgan fingerprint density at radius 3 is 2.39 bits per heavy atom. The number of hydrogen-bond acceptors (Lipinski definition) is 3. The highest BCUT2D eigenvalue weighted by Gasteiger charge is 2.26. The lowest BCUT2D eigenvalue weighted by Gasteiger charge is -2.33. The Labute approximate surface area is 210 Å². The number of imidazole rings is 1. The molecule has 4 nitrogen and oxygen atoms in total. The van der Waals surface area contributed by atoms with Crippen LogP contribution in [0.4, 0.5) is 11.4 Å². The third-order valence-corrected chi connectivity index (χ3v) is 6.82. The summed E-state index contributed by atoms with van der Waals surface area (Å²) in [6.45, 7) is 0. The van der Waals surface area contributed by atoms with Crippen molar-refractivity contribution in [1.82, 2.24) is 9.55 Å². The highest BCUT2D eigenvalue weighted by molar-refractivity contribution is 5.79. The van der Waals surface area contributed by atoms with Gasteiger partial charge in [-0.15, -0.1) is 0 Å². The van der Waals surface area contributed by atoms with Gasteiger partial charge in [0.05, 0.1) is 22.1 Å². The summed E-state index contributed by atoms with van der Waals surface area (Å²) >= 11 is 0. The monoisotopic (exact) mass is 467 g/mol. The number of ether oxygens (including phenoxy) is 1. The van der Waals surface area contributed by atoms with Crippen LogP contribution >= 0.6 is 0 Å². The molecule has 0 bridgehead atoms. The first-order valence-corrected chi connectivity index (χ1v) is 12.5. The first-order valence-electron chi connectivity index (χ1n) is 12.5. The van der Waals surface area contributed by atoms with Crippen LogP contribution in [0.25, 0.3) is 29.2 Å². The molecule has 0 N–H and O–H groups in total. The highest BCUT2D eigenvalue weighted by atomic mass is 16.5. The quantitative estimate of drug-likeness (QED) is 0.362. The first-order chi connectivity index (χ1) is 17.9. The first kappa shape index (κ1) is 20.8. The summed E-state index contributed by atoms with van der Waals surface area (Å²) in [5, 5.41) is 2.25. The van der Waals surface area contributed by atoms with Crippen molar-refractivity contribution in [3.05, 3.63) is 125 Å². The molecule has 0 amide bonds. The molecule has 4 heteroatoms. The molecule has 1 aromatic heterocycles. The molecule has 0 spiro atoms. The maximum absolute atomic E-state index is 6.25. The number of rotatable bonds is 3. The fourth-order valence-corrected chi connectivity index (χ4v) is 5.15. The zero-order valence-electron chi connectivity index (χ0n) is 19.8. The predicted molar refractivity (Wildman–Crippen MR) is 146 cm³/mol. The number of hydrogen-bond donors (Lipinski definition) is 0. The summed E-state index contributed by atoms with van der Waals surface area (Å²) in [4.78, 5) is 7.34. The summed E-state index contributed by atoms with van der Waals surface area (Å²) < 4.78 is 8.53. The van der Waals surface area contributed by atoms with Crippen molar-refractivity contribution in [3.63, 3.8) is 0 Å². The molecule has 0 saturated carbocycles. The lowest BCUT2D eigenvalue weighted by molar-refractivity contribution is 0.431. The molecular weight excluding hydrogens is 442 g/mol. The number of nitrogens with zero attached hydrogens (tertiary/aromatic N) is 3.